The number of allylic oxidation sites excluding steroid dienone is 1. The van der Waals surface area contributed by atoms with Crippen LogP contribution in [0.25, 0.3) is 6.08 Å². The average Bonchev–Trinajstić information content (AvgIpc) is 2.42. The fourth-order valence-electron chi connectivity index (χ4n) is 2.04. The molecule has 1 aliphatic rings. The Hall–Kier alpha value is -1.77. The second-order valence-corrected chi connectivity index (χ2v) is 4.42. The number of esters is 1. The summed E-state index contributed by atoms with van der Waals surface area (Å²) in [6.07, 6.45) is 6.74. The van der Waals surface area contributed by atoms with Crippen molar-refractivity contribution in [3.8, 4) is 5.75 Å². The van der Waals surface area contributed by atoms with Crippen LogP contribution in [0.2, 0.25) is 0 Å². The predicted octanol–water partition coefficient (Wildman–Crippen LogP) is 3.05. The van der Waals surface area contributed by atoms with Crippen molar-refractivity contribution in [2.75, 3.05) is 13.7 Å². The van der Waals surface area contributed by atoms with E-state index in [1.54, 1.807) is 7.11 Å². The van der Waals surface area contributed by atoms with Gasteiger partial charge in [-0.1, -0.05) is 24.3 Å². The van der Waals surface area contributed by atoms with Crippen LogP contribution in [-0.4, -0.2) is 19.7 Å². The van der Waals surface area contributed by atoms with Crippen LogP contribution in [0.1, 0.15) is 24.8 Å². The van der Waals surface area contributed by atoms with E-state index in [0.29, 0.717) is 6.61 Å². The molecule has 1 aromatic rings. The third-order valence-electron chi connectivity index (χ3n) is 3.12. The summed E-state index contributed by atoms with van der Waals surface area (Å²) in [7, 11) is 1.65. The number of carbonyl (C=O) groups is 1. The lowest BCUT2D eigenvalue weighted by Crippen LogP contribution is -2.23. The minimum absolute atomic E-state index is 0.0354. The van der Waals surface area contributed by atoms with E-state index < -0.39 is 0 Å². The number of rotatable bonds is 4. The van der Waals surface area contributed by atoms with Gasteiger partial charge in [0, 0.05) is 0 Å². The molecule has 1 heterocycles. The van der Waals surface area contributed by atoms with E-state index in [-0.39, 0.29) is 11.9 Å². The SMILES string of the molecule is COc1ccc(/C=C/CC2CCCOC2=O)cc1. The molecule has 18 heavy (non-hydrogen) atoms. The molecule has 0 aromatic heterocycles. The lowest BCUT2D eigenvalue weighted by molar-refractivity contribution is -0.152. The molecule has 0 radical (unpaired) electrons. The molecule has 0 amide bonds. The zero-order valence-electron chi connectivity index (χ0n) is 10.6. The van der Waals surface area contributed by atoms with Gasteiger partial charge in [-0.15, -0.1) is 0 Å². The first kappa shape index (κ1) is 12.7. The monoisotopic (exact) mass is 246 g/mol. The summed E-state index contributed by atoms with van der Waals surface area (Å²) >= 11 is 0. The van der Waals surface area contributed by atoms with E-state index in [1.165, 1.54) is 0 Å². The van der Waals surface area contributed by atoms with E-state index in [0.717, 1.165) is 30.6 Å². The molecule has 2 rings (SSSR count). The second kappa shape index (κ2) is 6.24. The molecule has 0 N–H and O–H groups in total. The maximum Gasteiger partial charge on any atom is 0.309 e. The highest BCUT2D eigenvalue weighted by Gasteiger charge is 2.22. The minimum Gasteiger partial charge on any atom is -0.497 e. The van der Waals surface area contributed by atoms with Crippen molar-refractivity contribution in [3.63, 3.8) is 0 Å². The molecule has 1 aliphatic heterocycles. The zero-order chi connectivity index (χ0) is 12.8. The first-order valence-corrected chi connectivity index (χ1v) is 6.27. The molecule has 1 fully saturated rings. The van der Waals surface area contributed by atoms with E-state index >= 15 is 0 Å². The van der Waals surface area contributed by atoms with Crippen molar-refractivity contribution >= 4 is 12.0 Å². The zero-order valence-corrected chi connectivity index (χ0v) is 10.6. The Morgan fingerprint density at radius 2 is 2.17 bits per heavy atom. The van der Waals surface area contributed by atoms with Gasteiger partial charge in [-0.05, 0) is 37.0 Å². The van der Waals surface area contributed by atoms with Crippen LogP contribution in [0.15, 0.2) is 30.3 Å². The van der Waals surface area contributed by atoms with Gasteiger partial charge in [-0.3, -0.25) is 4.79 Å². The largest absolute Gasteiger partial charge is 0.497 e. The normalized spacial score (nSPS) is 19.8. The number of methoxy groups -OCH3 is 1. The van der Waals surface area contributed by atoms with Crippen LogP contribution in [-0.2, 0) is 9.53 Å². The van der Waals surface area contributed by atoms with E-state index in [2.05, 4.69) is 0 Å². The fraction of sp³-hybridized carbons (Fsp3) is 0.400. The first-order valence-electron chi connectivity index (χ1n) is 6.27. The third kappa shape index (κ3) is 3.36. The smallest absolute Gasteiger partial charge is 0.309 e. The van der Waals surface area contributed by atoms with Gasteiger partial charge in [0.25, 0.3) is 0 Å². The summed E-state index contributed by atoms with van der Waals surface area (Å²) in [6.45, 7) is 0.581. The maximum absolute atomic E-state index is 11.4. The van der Waals surface area contributed by atoms with Crippen LogP contribution in [0, 0.1) is 5.92 Å². The summed E-state index contributed by atoms with van der Waals surface area (Å²) < 4.78 is 10.1. The molecule has 96 valence electrons. The minimum atomic E-state index is -0.0550. The van der Waals surface area contributed by atoms with Crippen LogP contribution in [0.4, 0.5) is 0 Å². The standard InChI is InChI=1S/C15H18O3/c1-17-14-9-7-12(8-10-14)4-2-5-13-6-3-11-18-15(13)16/h2,4,7-10,13H,3,5-6,11H2,1H3/b4-2+. The maximum atomic E-state index is 11.4. The topological polar surface area (TPSA) is 35.5 Å². The Balaban J connectivity index is 1.88. The van der Waals surface area contributed by atoms with Gasteiger partial charge in [0.1, 0.15) is 5.75 Å². The molecule has 1 saturated heterocycles. The highest BCUT2D eigenvalue weighted by atomic mass is 16.5. The van der Waals surface area contributed by atoms with Gasteiger partial charge in [0.2, 0.25) is 0 Å². The van der Waals surface area contributed by atoms with E-state index in [9.17, 15) is 4.79 Å². The summed E-state index contributed by atoms with van der Waals surface area (Å²) in [4.78, 5) is 11.4. The average molecular weight is 246 g/mol. The van der Waals surface area contributed by atoms with Crippen molar-refractivity contribution in [1.29, 1.82) is 0 Å². The summed E-state index contributed by atoms with van der Waals surface area (Å²) in [5.41, 5.74) is 1.11. The highest BCUT2D eigenvalue weighted by molar-refractivity contribution is 5.73. The van der Waals surface area contributed by atoms with Crippen molar-refractivity contribution < 1.29 is 14.3 Å². The fourth-order valence-corrected chi connectivity index (χ4v) is 2.04. The van der Waals surface area contributed by atoms with Gasteiger partial charge in [0.15, 0.2) is 0 Å². The molecule has 0 spiro atoms. The number of carbonyl (C=O) groups excluding carboxylic acids is 1. The van der Waals surface area contributed by atoms with Crippen LogP contribution in [0.3, 0.4) is 0 Å². The van der Waals surface area contributed by atoms with Crippen molar-refractivity contribution in [2.24, 2.45) is 5.92 Å². The molecule has 1 atom stereocenters. The Labute approximate surface area is 107 Å². The number of ether oxygens (including phenoxy) is 2. The molecule has 0 saturated carbocycles. The lowest BCUT2D eigenvalue weighted by Gasteiger charge is -2.19. The number of hydrogen-bond acceptors (Lipinski definition) is 3. The molecule has 1 aromatic carbocycles. The quantitative estimate of drug-likeness (QED) is 0.766. The van der Waals surface area contributed by atoms with Gasteiger partial charge in [-0.2, -0.15) is 0 Å². The van der Waals surface area contributed by atoms with Gasteiger partial charge in [0.05, 0.1) is 19.6 Å². The van der Waals surface area contributed by atoms with E-state index in [1.807, 2.05) is 36.4 Å². The summed E-state index contributed by atoms with van der Waals surface area (Å²) in [6, 6.07) is 7.84. The number of cyclic esters (lactones) is 1. The molecule has 1 unspecified atom stereocenters. The second-order valence-electron chi connectivity index (χ2n) is 4.42. The Morgan fingerprint density at radius 3 is 2.83 bits per heavy atom. The number of benzene rings is 1. The van der Waals surface area contributed by atoms with Crippen molar-refractivity contribution in [1.82, 2.24) is 0 Å². The first-order chi connectivity index (χ1) is 8.79. The highest BCUT2D eigenvalue weighted by Crippen LogP contribution is 2.20. The molecule has 0 bridgehead atoms. The van der Waals surface area contributed by atoms with Crippen LogP contribution >= 0.6 is 0 Å². The van der Waals surface area contributed by atoms with E-state index in [4.69, 9.17) is 9.47 Å². The Bertz CT molecular complexity index is 420. The van der Waals surface area contributed by atoms with Crippen LogP contribution in [0.5, 0.6) is 5.75 Å². The van der Waals surface area contributed by atoms with Gasteiger partial charge in [-0.25, -0.2) is 0 Å². The summed E-state index contributed by atoms with van der Waals surface area (Å²) in [5, 5.41) is 0. The van der Waals surface area contributed by atoms with Gasteiger partial charge < -0.3 is 9.47 Å². The molecular weight excluding hydrogens is 228 g/mol. The third-order valence-corrected chi connectivity index (χ3v) is 3.12. The summed E-state index contributed by atoms with van der Waals surface area (Å²) in [5.74, 6) is 0.830. The Morgan fingerprint density at radius 1 is 1.39 bits per heavy atom. The van der Waals surface area contributed by atoms with Crippen molar-refractivity contribution in [2.45, 2.75) is 19.3 Å². The Kier molecular flexibility index (Phi) is 4.40. The molecule has 0 aliphatic carbocycles. The lowest BCUT2D eigenvalue weighted by atomic mass is 9.97. The van der Waals surface area contributed by atoms with Gasteiger partial charge >= 0.3 is 5.97 Å². The molecule has 3 heteroatoms. The number of hydrogen-bond donors (Lipinski definition) is 0. The van der Waals surface area contributed by atoms with Crippen LogP contribution < -0.4 is 4.74 Å². The van der Waals surface area contributed by atoms with Crippen molar-refractivity contribution in [3.05, 3.63) is 35.9 Å². The molecule has 3 nitrogen and oxygen atoms in total. The molecular formula is C15H18O3. The predicted molar refractivity (Wildman–Crippen MR) is 70.3 cm³/mol.